The number of hydrogen-bond donors (Lipinski definition) is 0. The topological polar surface area (TPSA) is 82.3 Å². The molecule has 0 unspecified atom stereocenters. The molecule has 0 spiro atoms. The van der Waals surface area contributed by atoms with E-state index in [0.717, 1.165) is 24.0 Å². The molecule has 1 aliphatic rings. The Morgan fingerprint density at radius 1 is 1.17 bits per heavy atom. The van der Waals surface area contributed by atoms with Gasteiger partial charge in [0.25, 0.3) is 5.91 Å². The van der Waals surface area contributed by atoms with E-state index < -0.39 is 0 Å². The normalized spacial score (nSPS) is 15.0. The number of imidazole rings is 1. The summed E-state index contributed by atoms with van der Waals surface area (Å²) in [6.45, 7) is 4.26. The van der Waals surface area contributed by atoms with Crippen molar-refractivity contribution in [1.29, 1.82) is 0 Å². The van der Waals surface area contributed by atoms with Crippen LogP contribution in [0.2, 0.25) is 0 Å². The number of hydrogen-bond acceptors (Lipinski definition) is 5. The van der Waals surface area contributed by atoms with E-state index in [-0.39, 0.29) is 11.6 Å². The van der Waals surface area contributed by atoms with Gasteiger partial charge in [0.05, 0.1) is 12.1 Å². The third kappa shape index (κ3) is 3.62. The molecule has 8 heteroatoms. The molecule has 0 atom stereocenters. The zero-order valence-corrected chi connectivity index (χ0v) is 16.7. The first-order valence-electron chi connectivity index (χ1n) is 9.97. The number of nitrogens with zero attached hydrogens (tertiary/aromatic N) is 5. The van der Waals surface area contributed by atoms with E-state index in [1.807, 2.05) is 24.0 Å². The highest BCUT2D eigenvalue weighted by molar-refractivity contribution is 5.96. The Hall–Kier alpha value is -3.16. The lowest BCUT2D eigenvalue weighted by Crippen LogP contribution is -2.40. The second-order valence-electron chi connectivity index (χ2n) is 7.32. The maximum atomic E-state index is 12.9. The Morgan fingerprint density at radius 2 is 1.90 bits per heavy atom. The Kier molecular flexibility index (Phi) is 5.33. The molecule has 0 radical (unpaired) electrons. The number of likely N-dealkylation sites (tertiary alicyclic amines) is 1. The number of aromatic nitrogens is 4. The van der Waals surface area contributed by atoms with Crippen molar-refractivity contribution in [3.05, 3.63) is 52.7 Å². The summed E-state index contributed by atoms with van der Waals surface area (Å²) in [5.74, 6) is 0.657. The van der Waals surface area contributed by atoms with E-state index >= 15 is 0 Å². The van der Waals surface area contributed by atoms with Crippen LogP contribution >= 0.6 is 0 Å². The lowest BCUT2D eigenvalue weighted by molar-refractivity contribution is 0.0677. The van der Waals surface area contributed by atoms with Gasteiger partial charge < -0.3 is 9.64 Å². The van der Waals surface area contributed by atoms with E-state index in [1.165, 1.54) is 0 Å². The first-order chi connectivity index (χ1) is 14.1. The lowest BCUT2D eigenvalue weighted by Gasteiger charge is -2.32. The summed E-state index contributed by atoms with van der Waals surface area (Å²) in [7, 11) is 1.77. The lowest BCUT2D eigenvalue weighted by atomic mass is 9.96. The van der Waals surface area contributed by atoms with E-state index in [0.29, 0.717) is 43.6 Å². The smallest absolute Gasteiger partial charge is 0.330 e. The minimum atomic E-state index is -0.0519. The second-order valence-corrected chi connectivity index (χ2v) is 7.32. The van der Waals surface area contributed by atoms with Crippen molar-refractivity contribution >= 4 is 17.1 Å². The van der Waals surface area contributed by atoms with Gasteiger partial charge in [0.2, 0.25) is 5.88 Å². The van der Waals surface area contributed by atoms with Crippen LogP contribution in [0.5, 0.6) is 5.88 Å². The van der Waals surface area contributed by atoms with Crippen LogP contribution in [0.4, 0.5) is 0 Å². The maximum absolute atomic E-state index is 12.9. The second kappa shape index (κ2) is 8.06. The molecule has 1 saturated heterocycles. The molecule has 0 saturated carbocycles. The fourth-order valence-electron chi connectivity index (χ4n) is 3.95. The quantitative estimate of drug-likeness (QED) is 0.661. The molecule has 0 aromatic carbocycles. The summed E-state index contributed by atoms with van der Waals surface area (Å²) in [6.07, 6.45) is 5.02. The van der Waals surface area contributed by atoms with Crippen molar-refractivity contribution in [1.82, 2.24) is 24.0 Å². The molecule has 0 N–H and O–H groups in total. The SMILES string of the molecule is CCOc1ncccc1C(=O)N1CCC(Cn2c(=O)n(C)c3cccnc32)CC1. The van der Waals surface area contributed by atoms with Crippen LogP contribution < -0.4 is 10.4 Å². The van der Waals surface area contributed by atoms with Gasteiger partial charge in [-0.05, 0) is 49.9 Å². The predicted molar refractivity (Wildman–Crippen MR) is 109 cm³/mol. The maximum Gasteiger partial charge on any atom is 0.330 e. The molecule has 0 bridgehead atoms. The molecule has 1 amide bonds. The summed E-state index contributed by atoms with van der Waals surface area (Å²) in [5, 5.41) is 0. The number of piperidine rings is 1. The Balaban J connectivity index is 1.45. The highest BCUT2D eigenvalue weighted by atomic mass is 16.5. The van der Waals surface area contributed by atoms with E-state index in [9.17, 15) is 9.59 Å². The van der Waals surface area contributed by atoms with Gasteiger partial charge in [0, 0.05) is 39.1 Å². The van der Waals surface area contributed by atoms with Crippen LogP contribution in [0, 0.1) is 5.92 Å². The number of pyridine rings is 2. The van der Waals surface area contributed by atoms with Crippen molar-refractivity contribution in [2.45, 2.75) is 26.3 Å². The van der Waals surface area contributed by atoms with Gasteiger partial charge in [-0.15, -0.1) is 0 Å². The highest BCUT2D eigenvalue weighted by Gasteiger charge is 2.27. The Labute approximate surface area is 168 Å². The van der Waals surface area contributed by atoms with Gasteiger partial charge in [0.15, 0.2) is 5.65 Å². The average molecular weight is 395 g/mol. The molecule has 4 heterocycles. The summed E-state index contributed by atoms with van der Waals surface area (Å²) < 4.78 is 8.89. The first-order valence-corrected chi connectivity index (χ1v) is 9.97. The summed E-state index contributed by atoms with van der Waals surface area (Å²) in [4.78, 5) is 36.0. The average Bonchev–Trinajstić information content (AvgIpc) is 3.00. The third-order valence-electron chi connectivity index (χ3n) is 5.53. The van der Waals surface area contributed by atoms with Crippen molar-refractivity contribution in [3.63, 3.8) is 0 Å². The molecule has 3 aromatic rings. The van der Waals surface area contributed by atoms with Crippen molar-refractivity contribution < 1.29 is 9.53 Å². The largest absolute Gasteiger partial charge is 0.477 e. The van der Waals surface area contributed by atoms with Crippen LogP contribution in [0.25, 0.3) is 11.2 Å². The monoisotopic (exact) mass is 395 g/mol. The number of carbonyl (C=O) groups excluding carboxylic acids is 1. The number of rotatable bonds is 5. The number of aryl methyl sites for hydroxylation is 1. The minimum absolute atomic E-state index is 0.0473. The van der Waals surface area contributed by atoms with Gasteiger partial charge >= 0.3 is 5.69 Å². The number of fused-ring (bicyclic) bond motifs is 1. The zero-order valence-electron chi connectivity index (χ0n) is 16.7. The molecule has 0 aliphatic carbocycles. The van der Waals surface area contributed by atoms with Crippen molar-refractivity contribution in [3.8, 4) is 5.88 Å². The van der Waals surface area contributed by atoms with Crippen LogP contribution in [0.3, 0.4) is 0 Å². The molecule has 3 aromatic heterocycles. The van der Waals surface area contributed by atoms with Gasteiger partial charge in [-0.25, -0.2) is 14.8 Å². The number of carbonyl (C=O) groups is 1. The number of amides is 1. The fraction of sp³-hybridized carbons (Fsp3) is 0.429. The molecule has 1 aliphatic heterocycles. The van der Waals surface area contributed by atoms with E-state index in [2.05, 4.69) is 9.97 Å². The molecule has 8 nitrogen and oxygen atoms in total. The highest BCUT2D eigenvalue weighted by Crippen LogP contribution is 2.24. The zero-order chi connectivity index (χ0) is 20.4. The van der Waals surface area contributed by atoms with Crippen LogP contribution in [-0.4, -0.2) is 49.6 Å². The van der Waals surface area contributed by atoms with Gasteiger partial charge in [-0.3, -0.25) is 13.9 Å². The Morgan fingerprint density at radius 3 is 2.66 bits per heavy atom. The van der Waals surface area contributed by atoms with Crippen molar-refractivity contribution in [2.24, 2.45) is 13.0 Å². The molecule has 1 fully saturated rings. The van der Waals surface area contributed by atoms with Crippen LogP contribution in [-0.2, 0) is 13.6 Å². The molecular weight excluding hydrogens is 370 g/mol. The summed E-state index contributed by atoms with van der Waals surface area (Å²) >= 11 is 0. The first kappa shape index (κ1) is 19.2. The molecule has 4 rings (SSSR count). The molecule has 29 heavy (non-hydrogen) atoms. The van der Waals surface area contributed by atoms with Crippen LogP contribution in [0.1, 0.15) is 30.1 Å². The fourth-order valence-corrected chi connectivity index (χ4v) is 3.95. The van der Waals surface area contributed by atoms with E-state index in [1.54, 1.807) is 40.7 Å². The Bertz CT molecular complexity index is 1080. The van der Waals surface area contributed by atoms with Gasteiger partial charge in [0.1, 0.15) is 5.56 Å². The summed E-state index contributed by atoms with van der Waals surface area (Å²) in [5.41, 5.74) is 2.01. The van der Waals surface area contributed by atoms with Gasteiger partial charge in [-0.2, -0.15) is 0 Å². The van der Waals surface area contributed by atoms with E-state index in [4.69, 9.17) is 4.74 Å². The molecular formula is C21H25N5O3. The van der Waals surface area contributed by atoms with Crippen LogP contribution in [0.15, 0.2) is 41.5 Å². The minimum Gasteiger partial charge on any atom is -0.477 e. The van der Waals surface area contributed by atoms with Gasteiger partial charge in [-0.1, -0.05) is 0 Å². The number of ether oxygens (including phenoxy) is 1. The molecule has 152 valence electrons. The predicted octanol–water partition coefficient (Wildman–Crippen LogP) is 2.08. The standard InChI is InChI=1S/C21H25N5O3/c1-3-29-19-16(6-4-11-23-19)20(27)25-12-8-15(9-13-25)14-26-18-17(7-5-10-22-18)24(2)21(26)28/h4-7,10-11,15H,3,8-9,12-14H2,1-2H3. The third-order valence-corrected chi connectivity index (χ3v) is 5.53. The van der Waals surface area contributed by atoms with Crippen molar-refractivity contribution in [2.75, 3.05) is 19.7 Å². The summed E-state index contributed by atoms with van der Waals surface area (Å²) in [6, 6.07) is 7.26.